The number of nitro groups is 1. The number of nitrogen functional groups attached to an aromatic ring is 1. The summed E-state index contributed by atoms with van der Waals surface area (Å²) in [7, 11) is 0. The molecule has 0 unspecified atom stereocenters. The molecule has 0 aliphatic heterocycles. The molecule has 3 N–H and O–H groups in total. The van der Waals surface area contributed by atoms with Gasteiger partial charge in [0, 0.05) is 17.8 Å². The largest absolute Gasteiger partial charge is 0.399 e. The Morgan fingerprint density at radius 3 is 2.60 bits per heavy atom. The van der Waals surface area contributed by atoms with E-state index in [0.29, 0.717) is 11.4 Å². The van der Waals surface area contributed by atoms with E-state index in [1.54, 1.807) is 6.07 Å². The molecule has 0 atom stereocenters. The van der Waals surface area contributed by atoms with Crippen molar-refractivity contribution in [3.63, 3.8) is 0 Å². The van der Waals surface area contributed by atoms with Crippen molar-refractivity contribution in [1.29, 1.82) is 0 Å². The third-order valence-corrected chi connectivity index (χ3v) is 3.19. The highest BCUT2D eigenvalue weighted by atomic mass is 16.6. The number of nitrogens with one attached hydrogen (secondary N) is 1. The van der Waals surface area contributed by atoms with E-state index in [9.17, 15) is 10.1 Å². The standard InChI is InChI=1S/C14H21N3O3/c1-14(2,3)20-11-7-10(8-11)16-12-6-9(15)4-5-13(12)17(18)19/h4-6,10-11,16H,7-8,15H2,1-3H3. The van der Waals surface area contributed by atoms with Crippen molar-refractivity contribution in [3.05, 3.63) is 28.3 Å². The lowest BCUT2D eigenvalue weighted by atomic mass is 9.88. The molecule has 1 aromatic rings. The van der Waals surface area contributed by atoms with Gasteiger partial charge in [-0.1, -0.05) is 0 Å². The number of nitrogens with two attached hydrogens (primary N) is 1. The second-order valence-electron chi connectivity index (χ2n) is 6.20. The van der Waals surface area contributed by atoms with Gasteiger partial charge in [-0.3, -0.25) is 10.1 Å². The van der Waals surface area contributed by atoms with E-state index >= 15 is 0 Å². The van der Waals surface area contributed by atoms with Gasteiger partial charge in [0.15, 0.2) is 0 Å². The number of hydrogen-bond acceptors (Lipinski definition) is 5. The van der Waals surface area contributed by atoms with Gasteiger partial charge >= 0.3 is 0 Å². The van der Waals surface area contributed by atoms with E-state index in [0.717, 1.165) is 12.8 Å². The van der Waals surface area contributed by atoms with Crippen molar-refractivity contribution in [1.82, 2.24) is 0 Å². The minimum absolute atomic E-state index is 0.0550. The molecule has 0 aromatic heterocycles. The third-order valence-electron chi connectivity index (χ3n) is 3.19. The zero-order valence-electron chi connectivity index (χ0n) is 12.1. The molecule has 6 heteroatoms. The van der Waals surface area contributed by atoms with E-state index in [1.165, 1.54) is 12.1 Å². The summed E-state index contributed by atoms with van der Waals surface area (Å²) in [5, 5.41) is 14.2. The smallest absolute Gasteiger partial charge is 0.292 e. The summed E-state index contributed by atoms with van der Waals surface area (Å²) in [6.07, 6.45) is 1.92. The van der Waals surface area contributed by atoms with Gasteiger partial charge < -0.3 is 15.8 Å². The summed E-state index contributed by atoms with van der Waals surface area (Å²) in [5.74, 6) is 0. The Labute approximate surface area is 118 Å². The third kappa shape index (κ3) is 3.60. The summed E-state index contributed by atoms with van der Waals surface area (Å²) in [6.45, 7) is 6.07. The zero-order chi connectivity index (χ0) is 14.9. The van der Waals surface area contributed by atoms with Crippen LogP contribution in [0.1, 0.15) is 33.6 Å². The number of nitrogens with zero attached hydrogens (tertiary/aromatic N) is 1. The molecule has 1 aliphatic carbocycles. The van der Waals surface area contributed by atoms with Crippen LogP contribution in [0.5, 0.6) is 0 Å². The molecule has 1 fully saturated rings. The van der Waals surface area contributed by atoms with Crippen molar-refractivity contribution < 1.29 is 9.66 Å². The average Bonchev–Trinajstić information content (AvgIpc) is 2.24. The number of nitro benzene ring substituents is 1. The van der Waals surface area contributed by atoms with E-state index in [2.05, 4.69) is 5.32 Å². The first-order valence-electron chi connectivity index (χ1n) is 6.73. The monoisotopic (exact) mass is 279 g/mol. The highest BCUT2D eigenvalue weighted by Gasteiger charge is 2.33. The summed E-state index contributed by atoms with van der Waals surface area (Å²) >= 11 is 0. The van der Waals surface area contributed by atoms with Gasteiger partial charge in [0.1, 0.15) is 5.69 Å². The van der Waals surface area contributed by atoms with E-state index in [4.69, 9.17) is 10.5 Å². The van der Waals surface area contributed by atoms with Gasteiger partial charge in [0.25, 0.3) is 5.69 Å². The predicted octanol–water partition coefficient (Wildman–Crippen LogP) is 2.94. The Hall–Kier alpha value is -1.82. The molecule has 1 aromatic carbocycles. The summed E-state index contributed by atoms with van der Waals surface area (Å²) in [4.78, 5) is 10.6. The number of benzene rings is 1. The molecular formula is C14H21N3O3. The van der Waals surface area contributed by atoms with Gasteiger partial charge in [0.05, 0.1) is 16.6 Å². The van der Waals surface area contributed by atoms with Crippen molar-refractivity contribution in [2.75, 3.05) is 11.1 Å². The fourth-order valence-electron chi connectivity index (χ4n) is 2.33. The normalized spacial score (nSPS) is 22.1. The Bertz CT molecular complexity index is 505. The molecule has 6 nitrogen and oxygen atoms in total. The Morgan fingerprint density at radius 2 is 2.05 bits per heavy atom. The second-order valence-corrected chi connectivity index (χ2v) is 6.20. The summed E-state index contributed by atoms with van der Waals surface area (Å²) in [6, 6.07) is 4.77. The van der Waals surface area contributed by atoms with Crippen molar-refractivity contribution in [3.8, 4) is 0 Å². The highest BCUT2D eigenvalue weighted by molar-refractivity contribution is 5.67. The van der Waals surface area contributed by atoms with Crippen LogP contribution in [0.2, 0.25) is 0 Å². The minimum atomic E-state index is -0.399. The van der Waals surface area contributed by atoms with Crippen LogP contribution < -0.4 is 11.1 Å². The van der Waals surface area contributed by atoms with E-state index < -0.39 is 4.92 Å². The maximum atomic E-state index is 11.0. The lowest BCUT2D eigenvalue weighted by Gasteiger charge is -2.39. The molecule has 0 amide bonds. The van der Waals surface area contributed by atoms with Crippen LogP contribution >= 0.6 is 0 Å². The van der Waals surface area contributed by atoms with Crippen LogP contribution in [-0.2, 0) is 4.74 Å². The molecule has 0 saturated heterocycles. The molecule has 0 heterocycles. The zero-order valence-corrected chi connectivity index (χ0v) is 12.1. The molecule has 1 saturated carbocycles. The first-order chi connectivity index (χ1) is 9.24. The van der Waals surface area contributed by atoms with Crippen LogP contribution in [0, 0.1) is 10.1 Å². The Balaban J connectivity index is 1.96. The van der Waals surface area contributed by atoms with Crippen LogP contribution in [0.3, 0.4) is 0 Å². The molecule has 1 aliphatic rings. The molecule has 0 bridgehead atoms. The highest BCUT2D eigenvalue weighted by Crippen LogP contribution is 2.33. The average molecular weight is 279 g/mol. The lowest BCUT2D eigenvalue weighted by molar-refractivity contribution is -0.384. The van der Waals surface area contributed by atoms with Gasteiger partial charge in [-0.05, 0) is 45.7 Å². The van der Waals surface area contributed by atoms with Crippen LogP contribution in [0.25, 0.3) is 0 Å². The maximum absolute atomic E-state index is 11.0. The molecule has 20 heavy (non-hydrogen) atoms. The van der Waals surface area contributed by atoms with Crippen LogP contribution in [-0.4, -0.2) is 22.7 Å². The van der Waals surface area contributed by atoms with E-state index in [1.807, 2.05) is 20.8 Å². The molecule has 0 radical (unpaired) electrons. The van der Waals surface area contributed by atoms with Gasteiger partial charge in [0.2, 0.25) is 0 Å². The number of anilines is 2. The SMILES string of the molecule is CC(C)(C)OC1CC(Nc2cc(N)ccc2[N+](=O)[O-])C1. The number of ether oxygens (including phenoxy) is 1. The number of rotatable bonds is 4. The topological polar surface area (TPSA) is 90.4 Å². The van der Waals surface area contributed by atoms with E-state index in [-0.39, 0.29) is 23.4 Å². The van der Waals surface area contributed by atoms with Crippen LogP contribution in [0.15, 0.2) is 18.2 Å². The minimum Gasteiger partial charge on any atom is -0.399 e. The van der Waals surface area contributed by atoms with Crippen molar-refractivity contribution >= 4 is 17.1 Å². The lowest BCUT2D eigenvalue weighted by Crippen LogP contribution is -2.44. The Kier molecular flexibility index (Phi) is 3.85. The first kappa shape index (κ1) is 14.6. The van der Waals surface area contributed by atoms with Crippen LogP contribution in [0.4, 0.5) is 17.1 Å². The molecule has 110 valence electrons. The molecular weight excluding hydrogens is 258 g/mol. The predicted molar refractivity (Wildman–Crippen MR) is 78.8 cm³/mol. The quantitative estimate of drug-likeness (QED) is 0.502. The molecule has 0 spiro atoms. The number of hydrogen-bond donors (Lipinski definition) is 2. The second kappa shape index (κ2) is 5.28. The summed E-state index contributed by atoms with van der Waals surface area (Å²) < 4.78 is 5.84. The van der Waals surface area contributed by atoms with Crippen molar-refractivity contribution in [2.45, 2.75) is 51.4 Å². The molecule has 2 rings (SSSR count). The van der Waals surface area contributed by atoms with Gasteiger partial charge in [-0.25, -0.2) is 0 Å². The van der Waals surface area contributed by atoms with Gasteiger partial charge in [-0.15, -0.1) is 0 Å². The fourth-order valence-corrected chi connectivity index (χ4v) is 2.33. The first-order valence-corrected chi connectivity index (χ1v) is 6.73. The van der Waals surface area contributed by atoms with Crippen molar-refractivity contribution in [2.24, 2.45) is 0 Å². The fraction of sp³-hybridized carbons (Fsp3) is 0.571. The maximum Gasteiger partial charge on any atom is 0.292 e. The summed E-state index contributed by atoms with van der Waals surface area (Å²) in [5.41, 5.74) is 6.58. The van der Waals surface area contributed by atoms with Gasteiger partial charge in [-0.2, -0.15) is 0 Å². The Morgan fingerprint density at radius 1 is 1.40 bits per heavy atom.